The molecular weight excluding hydrogens is 248 g/mol. The third kappa shape index (κ3) is 3.48. The molecule has 0 aliphatic rings. The molecule has 0 saturated heterocycles. The van der Waals surface area contributed by atoms with E-state index in [1.165, 1.54) is 0 Å². The van der Waals surface area contributed by atoms with E-state index in [0.717, 1.165) is 43.3 Å². The SMILES string of the molecule is CCNC(CC)CCCn1c(=O)ccc2ccccc21. The van der Waals surface area contributed by atoms with Gasteiger partial charge in [-0.25, -0.2) is 0 Å². The van der Waals surface area contributed by atoms with Gasteiger partial charge in [0, 0.05) is 18.7 Å². The van der Waals surface area contributed by atoms with E-state index in [1.807, 2.05) is 28.8 Å². The Morgan fingerprint density at radius 2 is 1.95 bits per heavy atom. The first-order chi connectivity index (χ1) is 9.76. The van der Waals surface area contributed by atoms with E-state index < -0.39 is 0 Å². The first-order valence-electron chi connectivity index (χ1n) is 7.58. The fourth-order valence-corrected chi connectivity index (χ4v) is 2.71. The summed E-state index contributed by atoms with van der Waals surface area (Å²) < 4.78 is 1.90. The van der Waals surface area contributed by atoms with Gasteiger partial charge in [0.2, 0.25) is 0 Å². The number of pyridine rings is 1. The summed E-state index contributed by atoms with van der Waals surface area (Å²) in [5.74, 6) is 0. The average molecular weight is 272 g/mol. The highest BCUT2D eigenvalue weighted by molar-refractivity contribution is 5.78. The van der Waals surface area contributed by atoms with Gasteiger partial charge in [-0.05, 0) is 43.3 Å². The quantitative estimate of drug-likeness (QED) is 0.840. The molecule has 0 bridgehead atoms. The number of benzene rings is 1. The molecule has 0 spiro atoms. The Labute approximate surface area is 120 Å². The number of hydrogen-bond acceptors (Lipinski definition) is 2. The molecule has 2 rings (SSSR count). The third-order valence-corrected chi connectivity index (χ3v) is 3.82. The molecule has 3 nitrogen and oxygen atoms in total. The molecule has 1 aromatic carbocycles. The maximum Gasteiger partial charge on any atom is 0.251 e. The molecule has 0 aliphatic heterocycles. The Kier molecular flexibility index (Phi) is 5.36. The normalized spacial score (nSPS) is 12.7. The Hall–Kier alpha value is -1.61. The van der Waals surface area contributed by atoms with E-state index in [-0.39, 0.29) is 5.56 Å². The number of nitrogens with zero attached hydrogens (tertiary/aromatic N) is 1. The van der Waals surface area contributed by atoms with Crippen LogP contribution in [-0.4, -0.2) is 17.2 Å². The molecule has 0 saturated carbocycles. The van der Waals surface area contributed by atoms with Crippen molar-refractivity contribution in [1.82, 2.24) is 9.88 Å². The number of aryl methyl sites for hydroxylation is 1. The number of para-hydroxylation sites is 1. The molecule has 0 radical (unpaired) electrons. The highest BCUT2D eigenvalue weighted by Crippen LogP contribution is 2.12. The maximum absolute atomic E-state index is 12.1. The monoisotopic (exact) mass is 272 g/mol. The lowest BCUT2D eigenvalue weighted by atomic mass is 10.1. The van der Waals surface area contributed by atoms with Crippen LogP contribution < -0.4 is 10.9 Å². The fourth-order valence-electron chi connectivity index (χ4n) is 2.71. The number of hydrogen-bond donors (Lipinski definition) is 1. The van der Waals surface area contributed by atoms with Crippen molar-refractivity contribution in [2.45, 2.75) is 45.7 Å². The van der Waals surface area contributed by atoms with Gasteiger partial charge in [-0.15, -0.1) is 0 Å². The van der Waals surface area contributed by atoms with Crippen molar-refractivity contribution in [1.29, 1.82) is 0 Å². The Morgan fingerprint density at radius 3 is 2.70 bits per heavy atom. The molecule has 0 amide bonds. The van der Waals surface area contributed by atoms with E-state index in [1.54, 1.807) is 6.07 Å². The maximum atomic E-state index is 12.1. The molecule has 1 heterocycles. The Morgan fingerprint density at radius 1 is 1.15 bits per heavy atom. The van der Waals surface area contributed by atoms with Gasteiger partial charge < -0.3 is 9.88 Å². The molecule has 1 N–H and O–H groups in total. The molecule has 0 fully saturated rings. The number of nitrogens with one attached hydrogen (secondary N) is 1. The highest BCUT2D eigenvalue weighted by Gasteiger charge is 2.06. The first kappa shape index (κ1) is 14.8. The van der Waals surface area contributed by atoms with Crippen LogP contribution in [0.2, 0.25) is 0 Å². The topological polar surface area (TPSA) is 34.0 Å². The predicted octanol–water partition coefficient (Wildman–Crippen LogP) is 3.17. The zero-order chi connectivity index (χ0) is 14.4. The smallest absolute Gasteiger partial charge is 0.251 e. The summed E-state index contributed by atoms with van der Waals surface area (Å²) in [4.78, 5) is 12.1. The minimum Gasteiger partial charge on any atom is -0.314 e. The second-order valence-corrected chi connectivity index (χ2v) is 5.19. The molecule has 0 aliphatic carbocycles. The highest BCUT2D eigenvalue weighted by atomic mass is 16.1. The van der Waals surface area contributed by atoms with Crippen LogP contribution in [-0.2, 0) is 6.54 Å². The minimum absolute atomic E-state index is 0.0974. The summed E-state index contributed by atoms with van der Waals surface area (Å²) in [7, 11) is 0. The third-order valence-electron chi connectivity index (χ3n) is 3.82. The van der Waals surface area contributed by atoms with Crippen molar-refractivity contribution < 1.29 is 0 Å². The van der Waals surface area contributed by atoms with Crippen molar-refractivity contribution in [3.8, 4) is 0 Å². The Balaban J connectivity index is 2.09. The second kappa shape index (κ2) is 7.25. The predicted molar refractivity (Wildman–Crippen MR) is 85.2 cm³/mol. The summed E-state index contributed by atoms with van der Waals surface area (Å²) in [6.07, 6.45) is 3.28. The molecule has 1 unspecified atom stereocenters. The van der Waals surface area contributed by atoms with Crippen LogP contribution in [0.1, 0.15) is 33.1 Å². The van der Waals surface area contributed by atoms with Gasteiger partial charge in [-0.3, -0.25) is 4.79 Å². The van der Waals surface area contributed by atoms with Crippen molar-refractivity contribution in [2.75, 3.05) is 6.54 Å². The largest absolute Gasteiger partial charge is 0.314 e. The zero-order valence-electron chi connectivity index (χ0n) is 12.4. The zero-order valence-corrected chi connectivity index (χ0v) is 12.4. The number of rotatable bonds is 7. The van der Waals surface area contributed by atoms with Gasteiger partial charge in [-0.2, -0.15) is 0 Å². The van der Waals surface area contributed by atoms with Crippen LogP contribution in [0.3, 0.4) is 0 Å². The molecule has 2 aromatic rings. The molecular formula is C17H24N2O. The van der Waals surface area contributed by atoms with E-state index in [2.05, 4.69) is 25.2 Å². The summed E-state index contributed by atoms with van der Waals surface area (Å²) in [6.45, 7) is 6.14. The van der Waals surface area contributed by atoms with Crippen molar-refractivity contribution in [2.24, 2.45) is 0 Å². The van der Waals surface area contributed by atoms with E-state index in [9.17, 15) is 4.79 Å². The van der Waals surface area contributed by atoms with Crippen LogP contribution in [0, 0.1) is 0 Å². The van der Waals surface area contributed by atoms with Crippen molar-refractivity contribution >= 4 is 10.9 Å². The fraction of sp³-hybridized carbons (Fsp3) is 0.471. The number of fused-ring (bicyclic) bond motifs is 1. The van der Waals surface area contributed by atoms with Crippen molar-refractivity contribution in [3.05, 3.63) is 46.8 Å². The standard InChI is InChI=1S/C17H24N2O/c1-3-15(18-4-2)9-7-13-19-16-10-6-5-8-14(16)11-12-17(19)20/h5-6,8,10-12,15,18H,3-4,7,9,13H2,1-2H3. The van der Waals surface area contributed by atoms with Gasteiger partial charge in [-0.1, -0.05) is 32.0 Å². The van der Waals surface area contributed by atoms with Crippen LogP contribution in [0.5, 0.6) is 0 Å². The summed E-state index contributed by atoms with van der Waals surface area (Å²) in [5.41, 5.74) is 1.14. The molecule has 20 heavy (non-hydrogen) atoms. The Bertz CT molecular complexity index is 603. The van der Waals surface area contributed by atoms with Gasteiger partial charge in [0.15, 0.2) is 0 Å². The van der Waals surface area contributed by atoms with Gasteiger partial charge in [0.25, 0.3) is 5.56 Å². The lowest BCUT2D eigenvalue weighted by Crippen LogP contribution is -2.29. The summed E-state index contributed by atoms with van der Waals surface area (Å²) in [5, 5.41) is 4.61. The lowest BCUT2D eigenvalue weighted by molar-refractivity contribution is 0.449. The van der Waals surface area contributed by atoms with E-state index in [0.29, 0.717) is 6.04 Å². The van der Waals surface area contributed by atoms with Crippen LogP contribution in [0.25, 0.3) is 10.9 Å². The lowest BCUT2D eigenvalue weighted by Gasteiger charge is -2.16. The molecule has 3 heteroatoms. The van der Waals surface area contributed by atoms with Crippen LogP contribution in [0.4, 0.5) is 0 Å². The van der Waals surface area contributed by atoms with Crippen LogP contribution >= 0.6 is 0 Å². The van der Waals surface area contributed by atoms with Gasteiger partial charge in [0.1, 0.15) is 0 Å². The van der Waals surface area contributed by atoms with E-state index in [4.69, 9.17) is 0 Å². The summed E-state index contributed by atoms with van der Waals surface area (Å²) >= 11 is 0. The van der Waals surface area contributed by atoms with Crippen LogP contribution in [0.15, 0.2) is 41.2 Å². The minimum atomic E-state index is 0.0974. The molecule has 1 aromatic heterocycles. The summed E-state index contributed by atoms with van der Waals surface area (Å²) in [6, 6.07) is 12.2. The average Bonchev–Trinajstić information content (AvgIpc) is 2.48. The first-order valence-corrected chi connectivity index (χ1v) is 7.58. The van der Waals surface area contributed by atoms with Crippen molar-refractivity contribution in [3.63, 3.8) is 0 Å². The molecule has 108 valence electrons. The second-order valence-electron chi connectivity index (χ2n) is 5.19. The van der Waals surface area contributed by atoms with E-state index >= 15 is 0 Å². The molecule has 1 atom stereocenters. The number of aromatic nitrogens is 1. The van der Waals surface area contributed by atoms with Gasteiger partial charge >= 0.3 is 0 Å². The van der Waals surface area contributed by atoms with Gasteiger partial charge in [0.05, 0.1) is 5.52 Å².